The molecule has 0 radical (unpaired) electrons. The molecule has 3 heterocycles. The van der Waals surface area contributed by atoms with Crippen molar-refractivity contribution < 1.29 is 14.3 Å². The maximum Gasteiger partial charge on any atom is 0.410 e. The Bertz CT molecular complexity index is 662. The van der Waals surface area contributed by atoms with Gasteiger partial charge in [0.2, 0.25) is 5.91 Å². The lowest BCUT2D eigenvalue weighted by molar-refractivity contribution is -0.117. The van der Waals surface area contributed by atoms with E-state index in [1.165, 1.54) is 0 Å². The zero-order valence-electron chi connectivity index (χ0n) is 15.7. The van der Waals surface area contributed by atoms with Gasteiger partial charge in [0.15, 0.2) is 0 Å². The molecule has 2 fully saturated rings. The van der Waals surface area contributed by atoms with Crippen molar-refractivity contribution >= 4 is 29.3 Å². The van der Waals surface area contributed by atoms with Crippen molar-refractivity contribution in [1.82, 2.24) is 14.7 Å². The molecule has 0 bridgehead atoms. The average molecular weight is 383 g/mol. The summed E-state index contributed by atoms with van der Waals surface area (Å²) in [4.78, 5) is 27.8. The second kappa shape index (κ2) is 7.47. The van der Waals surface area contributed by atoms with E-state index in [1.54, 1.807) is 16.0 Å². The number of aromatic nitrogens is 2. The summed E-state index contributed by atoms with van der Waals surface area (Å²) in [7, 11) is 0. The lowest BCUT2D eigenvalue weighted by Crippen LogP contribution is -2.42. The number of hydrogen-bond donors (Lipinski definition) is 0. The molecular formula is C18H27ClN4O3. The van der Waals surface area contributed by atoms with Crippen molar-refractivity contribution in [2.24, 2.45) is 5.92 Å². The Labute approximate surface area is 159 Å². The summed E-state index contributed by atoms with van der Waals surface area (Å²) in [6.45, 7) is 7.56. The quantitative estimate of drug-likeness (QED) is 0.753. The average Bonchev–Trinajstić information content (AvgIpc) is 3.19. The van der Waals surface area contributed by atoms with Gasteiger partial charge in [0, 0.05) is 38.1 Å². The van der Waals surface area contributed by atoms with E-state index in [0.29, 0.717) is 31.9 Å². The van der Waals surface area contributed by atoms with Crippen molar-refractivity contribution in [2.45, 2.75) is 51.7 Å². The molecule has 0 aromatic carbocycles. The second-order valence-electron chi connectivity index (χ2n) is 8.11. The molecule has 2 saturated heterocycles. The predicted octanol–water partition coefficient (Wildman–Crippen LogP) is 3.05. The van der Waals surface area contributed by atoms with E-state index < -0.39 is 5.60 Å². The van der Waals surface area contributed by atoms with Gasteiger partial charge in [0.1, 0.15) is 5.60 Å². The third-order valence-electron chi connectivity index (χ3n) is 4.81. The van der Waals surface area contributed by atoms with Crippen LogP contribution in [0.4, 0.5) is 10.5 Å². The standard InChI is InChI=1S/C18H27ClN4O3/c1-18(2,3)26-17(25)21-6-4-14(5-7-21)23-12-15(10-20-23)22-11-13(9-19)8-16(22)24/h10,12-14H,4-9,11H2,1-3H3. The first-order chi connectivity index (χ1) is 12.3. The van der Waals surface area contributed by atoms with Gasteiger partial charge in [-0.05, 0) is 39.5 Å². The van der Waals surface area contributed by atoms with Crippen molar-refractivity contribution in [2.75, 3.05) is 30.4 Å². The minimum absolute atomic E-state index is 0.106. The van der Waals surface area contributed by atoms with Gasteiger partial charge in [0.05, 0.1) is 17.9 Å². The smallest absolute Gasteiger partial charge is 0.410 e. The monoisotopic (exact) mass is 382 g/mol. The van der Waals surface area contributed by atoms with E-state index in [9.17, 15) is 9.59 Å². The zero-order chi connectivity index (χ0) is 18.9. The molecule has 0 saturated carbocycles. The van der Waals surface area contributed by atoms with Crippen LogP contribution in [-0.2, 0) is 9.53 Å². The van der Waals surface area contributed by atoms with Gasteiger partial charge in [-0.15, -0.1) is 11.6 Å². The summed E-state index contributed by atoms with van der Waals surface area (Å²) in [5.74, 6) is 0.819. The molecule has 3 rings (SSSR count). The van der Waals surface area contributed by atoms with Gasteiger partial charge in [-0.3, -0.25) is 9.48 Å². The fourth-order valence-corrected chi connectivity index (χ4v) is 3.65. The van der Waals surface area contributed by atoms with Crippen LogP contribution in [0.15, 0.2) is 12.4 Å². The van der Waals surface area contributed by atoms with Gasteiger partial charge in [0.25, 0.3) is 0 Å². The molecule has 8 heteroatoms. The van der Waals surface area contributed by atoms with Crippen LogP contribution < -0.4 is 4.90 Å². The Morgan fingerprint density at radius 1 is 1.35 bits per heavy atom. The number of piperidine rings is 1. The molecule has 0 N–H and O–H groups in total. The van der Waals surface area contributed by atoms with E-state index in [4.69, 9.17) is 16.3 Å². The Kier molecular flexibility index (Phi) is 5.46. The first kappa shape index (κ1) is 19.0. The topological polar surface area (TPSA) is 67.7 Å². The highest BCUT2D eigenvalue weighted by molar-refractivity contribution is 6.18. The minimum Gasteiger partial charge on any atom is -0.444 e. The number of nitrogens with zero attached hydrogens (tertiary/aromatic N) is 4. The molecule has 2 aliphatic heterocycles. The lowest BCUT2D eigenvalue weighted by Gasteiger charge is -2.33. The van der Waals surface area contributed by atoms with Crippen molar-refractivity contribution in [3.63, 3.8) is 0 Å². The van der Waals surface area contributed by atoms with Crippen LogP contribution in [0.3, 0.4) is 0 Å². The Morgan fingerprint density at radius 2 is 2.04 bits per heavy atom. The van der Waals surface area contributed by atoms with Gasteiger partial charge < -0.3 is 14.5 Å². The first-order valence-electron chi connectivity index (χ1n) is 9.15. The number of rotatable bonds is 3. The normalized spacial score (nSPS) is 22.2. The highest BCUT2D eigenvalue weighted by Crippen LogP contribution is 2.28. The Balaban J connectivity index is 1.57. The molecule has 1 aromatic heterocycles. The summed E-state index contributed by atoms with van der Waals surface area (Å²) in [5, 5.41) is 4.45. The van der Waals surface area contributed by atoms with Gasteiger partial charge >= 0.3 is 6.09 Å². The SMILES string of the molecule is CC(C)(C)OC(=O)N1CCC(n2cc(N3CC(CCl)CC3=O)cn2)CC1. The largest absolute Gasteiger partial charge is 0.444 e. The van der Waals surface area contributed by atoms with Crippen LogP contribution >= 0.6 is 11.6 Å². The number of alkyl halides is 1. The molecule has 26 heavy (non-hydrogen) atoms. The lowest BCUT2D eigenvalue weighted by atomic mass is 10.1. The Hall–Kier alpha value is -1.76. The molecule has 144 valence electrons. The minimum atomic E-state index is -0.478. The number of ether oxygens (including phenoxy) is 1. The predicted molar refractivity (Wildman–Crippen MR) is 99.5 cm³/mol. The van der Waals surface area contributed by atoms with E-state index in [-0.39, 0.29) is 24.0 Å². The fraction of sp³-hybridized carbons (Fsp3) is 0.722. The van der Waals surface area contributed by atoms with Crippen LogP contribution in [0.2, 0.25) is 0 Å². The maximum absolute atomic E-state index is 12.2. The number of amides is 2. The van der Waals surface area contributed by atoms with E-state index in [0.717, 1.165) is 18.5 Å². The number of halogens is 1. The molecular weight excluding hydrogens is 356 g/mol. The highest BCUT2D eigenvalue weighted by Gasteiger charge is 2.32. The van der Waals surface area contributed by atoms with E-state index in [1.807, 2.05) is 31.6 Å². The highest BCUT2D eigenvalue weighted by atomic mass is 35.5. The van der Waals surface area contributed by atoms with Crippen LogP contribution in [0.5, 0.6) is 0 Å². The summed E-state index contributed by atoms with van der Waals surface area (Å²) in [5.41, 5.74) is 0.353. The molecule has 2 amide bonds. The van der Waals surface area contributed by atoms with Gasteiger partial charge in [-0.25, -0.2) is 4.79 Å². The van der Waals surface area contributed by atoms with Crippen molar-refractivity contribution in [3.05, 3.63) is 12.4 Å². The molecule has 1 aromatic rings. The van der Waals surface area contributed by atoms with Gasteiger partial charge in [-0.1, -0.05) is 0 Å². The van der Waals surface area contributed by atoms with Crippen molar-refractivity contribution in [3.8, 4) is 0 Å². The third-order valence-corrected chi connectivity index (χ3v) is 5.25. The third kappa shape index (κ3) is 4.31. The van der Waals surface area contributed by atoms with Crippen LogP contribution in [0, 0.1) is 5.92 Å². The number of anilines is 1. The number of carbonyl (C=O) groups is 2. The van der Waals surface area contributed by atoms with Gasteiger partial charge in [-0.2, -0.15) is 5.10 Å². The van der Waals surface area contributed by atoms with Crippen LogP contribution in [0.1, 0.15) is 46.1 Å². The molecule has 0 spiro atoms. The molecule has 0 aliphatic carbocycles. The fourth-order valence-electron chi connectivity index (χ4n) is 3.44. The maximum atomic E-state index is 12.2. The summed E-state index contributed by atoms with van der Waals surface area (Å²) >= 11 is 5.89. The molecule has 7 nitrogen and oxygen atoms in total. The molecule has 1 atom stereocenters. The summed E-state index contributed by atoms with van der Waals surface area (Å²) < 4.78 is 7.35. The van der Waals surface area contributed by atoms with E-state index >= 15 is 0 Å². The molecule has 2 aliphatic rings. The van der Waals surface area contributed by atoms with Crippen LogP contribution in [-0.4, -0.2) is 57.8 Å². The number of hydrogen-bond acceptors (Lipinski definition) is 4. The Morgan fingerprint density at radius 3 is 2.62 bits per heavy atom. The number of carbonyl (C=O) groups excluding carboxylic acids is 2. The summed E-state index contributed by atoms with van der Waals surface area (Å²) in [6.07, 6.45) is 5.56. The van der Waals surface area contributed by atoms with Crippen molar-refractivity contribution in [1.29, 1.82) is 0 Å². The first-order valence-corrected chi connectivity index (χ1v) is 9.68. The zero-order valence-corrected chi connectivity index (χ0v) is 16.4. The van der Waals surface area contributed by atoms with Crippen LogP contribution in [0.25, 0.3) is 0 Å². The second-order valence-corrected chi connectivity index (χ2v) is 8.41. The molecule has 1 unspecified atom stereocenters. The summed E-state index contributed by atoms with van der Waals surface area (Å²) in [6, 6.07) is 0.226. The number of likely N-dealkylation sites (tertiary alicyclic amines) is 1. The van der Waals surface area contributed by atoms with E-state index in [2.05, 4.69) is 5.10 Å².